The van der Waals surface area contributed by atoms with Gasteiger partial charge in [-0.05, 0) is 45.0 Å². The molecule has 1 unspecified atom stereocenters. The predicted octanol–water partition coefficient (Wildman–Crippen LogP) is 7.30. The number of hydrogen-bond donors (Lipinski definition) is 1. The van der Waals surface area contributed by atoms with E-state index < -0.39 is 17.7 Å². The summed E-state index contributed by atoms with van der Waals surface area (Å²) in [6.45, 7) is 6.36. The van der Waals surface area contributed by atoms with E-state index >= 15 is 0 Å². The fourth-order valence-electron chi connectivity index (χ4n) is 5.09. The summed E-state index contributed by atoms with van der Waals surface area (Å²) in [4.78, 5) is 32.4. The van der Waals surface area contributed by atoms with E-state index in [0.29, 0.717) is 26.4 Å². The molecule has 1 amide bonds. The molecule has 0 saturated carbocycles. The van der Waals surface area contributed by atoms with Crippen LogP contribution in [0.1, 0.15) is 49.1 Å². The Bertz CT molecular complexity index is 1820. The highest BCUT2D eigenvalue weighted by atomic mass is 32.2. The fraction of sp³-hybridized carbons (Fsp3) is 0.182. The van der Waals surface area contributed by atoms with E-state index in [2.05, 4.69) is 60.2 Å². The van der Waals surface area contributed by atoms with Crippen LogP contribution in [0.3, 0.4) is 0 Å². The molecule has 0 bridgehead atoms. The Kier molecular flexibility index (Phi) is 7.38. The van der Waals surface area contributed by atoms with Crippen molar-refractivity contribution in [3.63, 3.8) is 0 Å². The number of amides is 1. The van der Waals surface area contributed by atoms with E-state index in [0.717, 1.165) is 5.56 Å². The highest BCUT2D eigenvalue weighted by Crippen LogP contribution is 2.44. The van der Waals surface area contributed by atoms with Crippen LogP contribution in [0.15, 0.2) is 101 Å². The topological polar surface area (TPSA) is 96.3 Å². The number of anilines is 1. The third-order valence-corrected chi connectivity index (χ3v) is 9.43. The zero-order valence-corrected chi connectivity index (χ0v) is 24.9. The van der Waals surface area contributed by atoms with Crippen LogP contribution in [-0.4, -0.2) is 32.0 Å². The molecule has 9 heteroatoms. The molecule has 0 spiro atoms. The van der Waals surface area contributed by atoms with Crippen LogP contribution >= 0.6 is 23.1 Å². The molecular weight excluding hydrogens is 565 g/mol. The fourth-order valence-corrected chi connectivity index (χ4v) is 6.96. The number of fused-ring (bicyclic) bond motifs is 1. The van der Waals surface area contributed by atoms with Gasteiger partial charge in [0.2, 0.25) is 5.13 Å². The van der Waals surface area contributed by atoms with Crippen molar-refractivity contribution < 1.29 is 14.7 Å². The summed E-state index contributed by atoms with van der Waals surface area (Å²) in [5, 5.41) is 22.7. The molecule has 6 rings (SSSR count). The first kappa shape index (κ1) is 27.8. The van der Waals surface area contributed by atoms with E-state index in [1.54, 1.807) is 12.1 Å². The number of aromatic nitrogens is 3. The maximum Gasteiger partial charge on any atom is 0.301 e. The number of aliphatic hydroxyl groups is 1. The van der Waals surface area contributed by atoms with Crippen molar-refractivity contribution in [2.24, 2.45) is 0 Å². The first-order valence-corrected chi connectivity index (χ1v) is 15.3. The molecule has 1 aliphatic rings. The van der Waals surface area contributed by atoms with E-state index in [1.807, 2.05) is 42.5 Å². The minimum absolute atomic E-state index is 0.00914. The van der Waals surface area contributed by atoms with Crippen LogP contribution < -0.4 is 4.90 Å². The molecule has 1 saturated heterocycles. The summed E-state index contributed by atoms with van der Waals surface area (Å²) in [5.41, 5.74) is 3.31. The van der Waals surface area contributed by atoms with Crippen LogP contribution in [0.5, 0.6) is 0 Å². The standard InChI is InChI=1S/C33H28N4O3S2/c1-33(2,3)24-13-11-21(12-14-24)27-26(28(38)22-15-17-34-18-16-22)29(39)30(40)37(27)31-35-36-32(42-31)41-19-23-9-6-8-20-7-4-5-10-25(20)23/h4-18,27,38H,19H2,1-3H3/b28-26+. The number of carbonyl (C=O) groups is 2. The van der Waals surface area contributed by atoms with Crippen molar-refractivity contribution >= 4 is 56.5 Å². The van der Waals surface area contributed by atoms with Gasteiger partial charge in [0.1, 0.15) is 5.76 Å². The van der Waals surface area contributed by atoms with Gasteiger partial charge in [0, 0.05) is 23.7 Å². The number of thioether (sulfide) groups is 1. The van der Waals surface area contributed by atoms with Gasteiger partial charge in [0.15, 0.2) is 4.34 Å². The second-order valence-electron chi connectivity index (χ2n) is 11.1. The van der Waals surface area contributed by atoms with E-state index in [4.69, 9.17) is 0 Å². The Balaban J connectivity index is 1.37. The second-order valence-corrected chi connectivity index (χ2v) is 13.2. The first-order chi connectivity index (χ1) is 20.2. The van der Waals surface area contributed by atoms with Gasteiger partial charge in [0.25, 0.3) is 5.78 Å². The van der Waals surface area contributed by atoms with Crippen molar-refractivity contribution in [1.29, 1.82) is 0 Å². The lowest BCUT2D eigenvalue weighted by molar-refractivity contribution is -0.132. The minimum atomic E-state index is -0.865. The maximum atomic E-state index is 13.5. The quantitative estimate of drug-likeness (QED) is 0.0726. The van der Waals surface area contributed by atoms with Gasteiger partial charge in [-0.2, -0.15) is 0 Å². The van der Waals surface area contributed by atoms with Crippen LogP contribution in [0.25, 0.3) is 16.5 Å². The number of aliphatic hydroxyl groups excluding tert-OH is 1. The summed E-state index contributed by atoms with van der Waals surface area (Å²) in [6, 6.07) is 24.6. The van der Waals surface area contributed by atoms with Crippen molar-refractivity contribution in [2.75, 3.05) is 4.90 Å². The number of hydrogen-bond acceptors (Lipinski definition) is 8. The Morgan fingerprint density at radius 1 is 0.929 bits per heavy atom. The van der Waals surface area contributed by atoms with Crippen molar-refractivity contribution in [2.45, 2.75) is 42.3 Å². The predicted molar refractivity (Wildman–Crippen MR) is 168 cm³/mol. The van der Waals surface area contributed by atoms with Gasteiger partial charge in [-0.3, -0.25) is 19.5 Å². The molecule has 210 valence electrons. The van der Waals surface area contributed by atoms with Crippen LogP contribution in [0.2, 0.25) is 0 Å². The molecule has 1 atom stereocenters. The van der Waals surface area contributed by atoms with Crippen molar-refractivity contribution in [3.8, 4) is 0 Å². The minimum Gasteiger partial charge on any atom is -0.507 e. The molecule has 2 aromatic heterocycles. The Morgan fingerprint density at radius 2 is 1.64 bits per heavy atom. The molecule has 1 aliphatic heterocycles. The van der Waals surface area contributed by atoms with Gasteiger partial charge in [-0.25, -0.2) is 0 Å². The molecular formula is C33H28N4O3S2. The lowest BCUT2D eigenvalue weighted by Crippen LogP contribution is -2.29. The Labute approximate surface area is 252 Å². The number of ketones is 1. The first-order valence-electron chi connectivity index (χ1n) is 13.5. The van der Waals surface area contributed by atoms with Gasteiger partial charge in [-0.15, -0.1) is 10.2 Å². The SMILES string of the molecule is CC(C)(C)c1ccc(C2/C(=C(\O)c3ccncc3)C(=O)C(=O)N2c2nnc(SCc3cccc4ccccc34)s2)cc1. The van der Waals surface area contributed by atoms with E-state index in [9.17, 15) is 14.7 Å². The summed E-state index contributed by atoms with van der Waals surface area (Å²) < 4.78 is 0.677. The molecule has 1 fully saturated rings. The molecule has 1 N–H and O–H groups in total. The third kappa shape index (κ3) is 5.21. The summed E-state index contributed by atoms with van der Waals surface area (Å²) in [7, 11) is 0. The maximum absolute atomic E-state index is 13.5. The largest absolute Gasteiger partial charge is 0.507 e. The van der Waals surface area contributed by atoms with E-state index in [-0.39, 0.29) is 16.7 Å². The van der Waals surface area contributed by atoms with Gasteiger partial charge < -0.3 is 5.11 Å². The Hall–Kier alpha value is -4.34. The zero-order valence-electron chi connectivity index (χ0n) is 23.3. The van der Waals surface area contributed by atoms with Crippen molar-refractivity contribution in [3.05, 3.63) is 119 Å². The molecule has 7 nitrogen and oxygen atoms in total. The van der Waals surface area contributed by atoms with Crippen molar-refractivity contribution in [1.82, 2.24) is 15.2 Å². The van der Waals surface area contributed by atoms with E-state index in [1.165, 1.54) is 56.7 Å². The van der Waals surface area contributed by atoms with Crippen LogP contribution in [0, 0.1) is 0 Å². The lowest BCUT2D eigenvalue weighted by Gasteiger charge is -2.24. The van der Waals surface area contributed by atoms with Crippen LogP contribution in [0.4, 0.5) is 5.13 Å². The van der Waals surface area contributed by atoms with Gasteiger partial charge in [0.05, 0.1) is 11.6 Å². The molecule has 42 heavy (non-hydrogen) atoms. The summed E-state index contributed by atoms with van der Waals surface area (Å²) in [6.07, 6.45) is 3.06. The second kappa shape index (κ2) is 11.2. The average Bonchev–Trinajstić information content (AvgIpc) is 3.57. The number of benzene rings is 3. The number of carbonyl (C=O) groups excluding carboxylic acids is 2. The third-order valence-electron chi connectivity index (χ3n) is 7.32. The Morgan fingerprint density at radius 3 is 2.38 bits per heavy atom. The molecule has 0 radical (unpaired) electrons. The summed E-state index contributed by atoms with van der Waals surface area (Å²) >= 11 is 2.78. The zero-order chi connectivity index (χ0) is 29.4. The normalized spacial score (nSPS) is 16.8. The van der Waals surface area contributed by atoms with Gasteiger partial charge >= 0.3 is 5.91 Å². The number of rotatable bonds is 6. The number of pyridine rings is 1. The highest BCUT2D eigenvalue weighted by molar-refractivity contribution is 8.00. The molecule has 3 heterocycles. The molecule has 0 aliphatic carbocycles. The molecule has 3 aromatic carbocycles. The molecule has 5 aromatic rings. The summed E-state index contributed by atoms with van der Waals surface area (Å²) in [5.74, 6) is -1.10. The monoisotopic (exact) mass is 592 g/mol. The lowest BCUT2D eigenvalue weighted by atomic mass is 9.85. The highest BCUT2D eigenvalue weighted by Gasteiger charge is 2.48. The average molecular weight is 593 g/mol. The van der Waals surface area contributed by atoms with Gasteiger partial charge in [-0.1, -0.05) is 111 Å². The van der Waals surface area contributed by atoms with Crippen LogP contribution in [-0.2, 0) is 20.8 Å². The number of nitrogens with zero attached hydrogens (tertiary/aromatic N) is 4. The number of Topliss-reactive ketones (excluding diaryl/α,β-unsaturated/α-hetero) is 1. The smallest absolute Gasteiger partial charge is 0.301 e.